The molecule has 0 aliphatic rings. The number of aromatic hydroxyl groups is 1. The first-order chi connectivity index (χ1) is 14.0. The van der Waals surface area contributed by atoms with Crippen molar-refractivity contribution in [2.75, 3.05) is 0 Å². The monoisotopic (exact) mass is 393 g/mol. The van der Waals surface area contributed by atoms with Gasteiger partial charge in [-0.15, -0.1) is 0 Å². The van der Waals surface area contributed by atoms with E-state index in [0.717, 1.165) is 5.56 Å². The molecule has 3 rings (SSSR count). The van der Waals surface area contributed by atoms with Crippen molar-refractivity contribution in [2.45, 2.75) is 25.3 Å². The first-order valence-corrected chi connectivity index (χ1v) is 9.23. The number of hydrogen-bond donors (Lipinski definition) is 4. The van der Waals surface area contributed by atoms with Gasteiger partial charge < -0.3 is 20.1 Å². The van der Waals surface area contributed by atoms with Gasteiger partial charge >= 0.3 is 5.97 Å². The van der Waals surface area contributed by atoms with Crippen LogP contribution in [0.5, 0.6) is 11.5 Å². The quantitative estimate of drug-likeness (QED) is 0.434. The maximum atomic E-state index is 11.5. The van der Waals surface area contributed by atoms with Crippen LogP contribution in [-0.2, 0) is 0 Å². The zero-order valence-corrected chi connectivity index (χ0v) is 15.9. The SMILES string of the molecule is CC(NC(Oc1ccccc1C(=O)O)c1ccccc1O)C(O)c1ccccc1. The number of carboxylic acid groups (broad SMARTS) is 1. The summed E-state index contributed by atoms with van der Waals surface area (Å²) in [5.41, 5.74) is 1.17. The summed E-state index contributed by atoms with van der Waals surface area (Å²) in [5, 5.41) is 33.6. The number of benzene rings is 3. The number of hydrogen-bond acceptors (Lipinski definition) is 5. The van der Waals surface area contributed by atoms with Gasteiger partial charge in [-0.2, -0.15) is 0 Å². The van der Waals surface area contributed by atoms with E-state index in [9.17, 15) is 20.1 Å². The molecule has 4 N–H and O–H groups in total. The Morgan fingerprint density at radius 3 is 2.24 bits per heavy atom. The van der Waals surface area contributed by atoms with Gasteiger partial charge in [0.2, 0.25) is 0 Å². The fraction of sp³-hybridized carbons (Fsp3) is 0.174. The molecule has 0 heterocycles. The number of aliphatic hydroxyl groups is 1. The third-order valence-corrected chi connectivity index (χ3v) is 4.61. The predicted molar refractivity (Wildman–Crippen MR) is 109 cm³/mol. The van der Waals surface area contributed by atoms with Crippen LogP contribution in [0.25, 0.3) is 0 Å². The molecular formula is C23H23NO5. The molecule has 3 atom stereocenters. The van der Waals surface area contributed by atoms with Gasteiger partial charge in [-0.1, -0.05) is 60.7 Å². The molecule has 0 fully saturated rings. The highest BCUT2D eigenvalue weighted by Gasteiger charge is 2.25. The largest absolute Gasteiger partial charge is 0.507 e. The van der Waals surface area contributed by atoms with Gasteiger partial charge in [-0.25, -0.2) is 4.79 Å². The second-order valence-corrected chi connectivity index (χ2v) is 6.67. The molecule has 0 bridgehead atoms. The first kappa shape index (κ1) is 20.4. The topological polar surface area (TPSA) is 99.0 Å². The number of ether oxygens (including phenoxy) is 1. The van der Waals surface area contributed by atoms with Crippen LogP contribution in [0.15, 0.2) is 78.9 Å². The molecule has 0 aliphatic carbocycles. The molecule has 0 aromatic heterocycles. The van der Waals surface area contributed by atoms with Crippen molar-refractivity contribution < 1.29 is 24.9 Å². The zero-order chi connectivity index (χ0) is 20.8. The van der Waals surface area contributed by atoms with E-state index in [1.165, 1.54) is 12.1 Å². The Morgan fingerprint density at radius 1 is 0.931 bits per heavy atom. The van der Waals surface area contributed by atoms with Crippen LogP contribution in [0, 0.1) is 0 Å². The molecule has 3 unspecified atom stereocenters. The number of nitrogens with one attached hydrogen (secondary N) is 1. The van der Waals surface area contributed by atoms with Crippen LogP contribution >= 0.6 is 0 Å². The highest BCUT2D eigenvalue weighted by Crippen LogP contribution is 2.30. The lowest BCUT2D eigenvalue weighted by Gasteiger charge is -2.28. The molecule has 0 amide bonds. The molecule has 29 heavy (non-hydrogen) atoms. The third kappa shape index (κ3) is 4.93. The number of aliphatic hydroxyl groups excluding tert-OH is 1. The summed E-state index contributed by atoms with van der Waals surface area (Å²) in [5.74, 6) is -0.963. The van der Waals surface area contributed by atoms with Gasteiger partial charge in [-0.3, -0.25) is 5.32 Å². The van der Waals surface area contributed by atoms with Gasteiger partial charge in [0.15, 0.2) is 6.23 Å². The van der Waals surface area contributed by atoms with Gasteiger partial charge in [0.25, 0.3) is 0 Å². The van der Waals surface area contributed by atoms with E-state index >= 15 is 0 Å². The molecule has 3 aromatic rings. The summed E-state index contributed by atoms with van der Waals surface area (Å²) < 4.78 is 5.97. The Balaban J connectivity index is 1.90. The van der Waals surface area contributed by atoms with Crippen molar-refractivity contribution in [2.24, 2.45) is 0 Å². The minimum absolute atomic E-state index is 0.000734. The van der Waals surface area contributed by atoms with Crippen LogP contribution < -0.4 is 10.1 Å². The van der Waals surface area contributed by atoms with Crippen molar-refractivity contribution in [1.29, 1.82) is 0 Å². The number of para-hydroxylation sites is 2. The number of phenolic OH excluding ortho intramolecular Hbond substituents is 1. The molecular weight excluding hydrogens is 370 g/mol. The molecule has 6 nitrogen and oxygen atoms in total. The van der Waals surface area contributed by atoms with Gasteiger partial charge in [-0.05, 0) is 30.7 Å². The van der Waals surface area contributed by atoms with Crippen LogP contribution in [-0.4, -0.2) is 27.3 Å². The minimum Gasteiger partial charge on any atom is -0.507 e. The maximum absolute atomic E-state index is 11.5. The van der Waals surface area contributed by atoms with E-state index in [0.29, 0.717) is 5.56 Å². The minimum atomic E-state index is -1.12. The van der Waals surface area contributed by atoms with E-state index < -0.39 is 24.3 Å². The second kappa shape index (κ2) is 9.23. The molecule has 3 aromatic carbocycles. The summed E-state index contributed by atoms with van der Waals surface area (Å²) in [6.45, 7) is 1.79. The van der Waals surface area contributed by atoms with Crippen molar-refractivity contribution in [3.05, 3.63) is 95.6 Å². The van der Waals surface area contributed by atoms with E-state index in [1.807, 2.05) is 30.3 Å². The van der Waals surface area contributed by atoms with E-state index in [1.54, 1.807) is 43.3 Å². The Hall–Kier alpha value is -3.35. The van der Waals surface area contributed by atoms with E-state index in [4.69, 9.17) is 4.74 Å². The lowest BCUT2D eigenvalue weighted by molar-refractivity contribution is 0.0666. The normalized spacial score (nSPS) is 14.0. The van der Waals surface area contributed by atoms with Crippen LogP contribution in [0.2, 0.25) is 0 Å². The number of aromatic carboxylic acids is 1. The summed E-state index contributed by atoms with van der Waals surface area (Å²) in [6, 6.07) is 21.6. The zero-order valence-electron chi connectivity index (χ0n) is 15.9. The van der Waals surface area contributed by atoms with E-state index in [2.05, 4.69) is 5.32 Å². The highest BCUT2D eigenvalue weighted by molar-refractivity contribution is 5.90. The third-order valence-electron chi connectivity index (χ3n) is 4.61. The number of rotatable bonds is 8. The second-order valence-electron chi connectivity index (χ2n) is 6.67. The van der Waals surface area contributed by atoms with Crippen LogP contribution in [0.3, 0.4) is 0 Å². The lowest BCUT2D eigenvalue weighted by atomic mass is 10.0. The Kier molecular flexibility index (Phi) is 6.49. The average molecular weight is 393 g/mol. The van der Waals surface area contributed by atoms with E-state index in [-0.39, 0.29) is 17.1 Å². The lowest BCUT2D eigenvalue weighted by Crippen LogP contribution is -2.38. The molecule has 0 saturated heterocycles. The molecule has 0 saturated carbocycles. The average Bonchev–Trinajstić information content (AvgIpc) is 2.74. The first-order valence-electron chi connectivity index (χ1n) is 9.23. The number of carboxylic acids is 1. The molecule has 6 heteroatoms. The predicted octanol–water partition coefficient (Wildman–Crippen LogP) is 3.88. The summed E-state index contributed by atoms with van der Waals surface area (Å²) in [7, 11) is 0. The summed E-state index contributed by atoms with van der Waals surface area (Å²) in [4.78, 5) is 11.5. The van der Waals surface area contributed by atoms with Crippen molar-refractivity contribution in [3.63, 3.8) is 0 Å². The van der Waals surface area contributed by atoms with Crippen LogP contribution in [0.4, 0.5) is 0 Å². The number of phenols is 1. The van der Waals surface area contributed by atoms with Crippen molar-refractivity contribution in [3.8, 4) is 11.5 Å². The number of carbonyl (C=O) groups is 1. The van der Waals surface area contributed by atoms with Crippen molar-refractivity contribution >= 4 is 5.97 Å². The molecule has 150 valence electrons. The van der Waals surface area contributed by atoms with Crippen LogP contribution in [0.1, 0.15) is 40.7 Å². The Bertz CT molecular complexity index is 960. The smallest absolute Gasteiger partial charge is 0.339 e. The standard InChI is InChI=1S/C23H23NO5/c1-15(21(26)16-9-3-2-4-10-16)24-22(17-11-5-7-13-19(17)25)29-20-14-8-6-12-18(20)23(27)28/h2-15,21-22,24-26H,1H3,(H,27,28). The molecule has 0 radical (unpaired) electrons. The van der Waals surface area contributed by atoms with Crippen molar-refractivity contribution in [1.82, 2.24) is 5.32 Å². The van der Waals surface area contributed by atoms with Gasteiger partial charge in [0.05, 0.1) is 6.10 Å². The molecule has 0 aliphatic heterocycles. The Labute approximate surface area is 169 Å². The Morgan fingerprint density at radius 2 is 1.55 bits per heavy atom. The summed E-state index contributed by atoms with van der Waals surface area (Å²) in [6.07, 6.45) is -1.71. The van der Waals surface area contributed by atoms with Gasteiger partial charge in [0.1, 0.15) is 17.1 Å². The highest BCUT2D eigenvalue weighted by atomic mass is 16.5. The fourth-order valence-electron chi connectivity index (χ4n) is 3.04. The fourth-order valence-corrected chi connectivity index (χ4v) is 3.04. The van der Waals surface area contributed by atoms with Gasteiger partial charge in [0, 0.05) is 11.6 Å². The molecule has 0 spiro atoms. The summed E-state index contributed by atoms with van der Waals surface area (Å²) >= 11 is 0. The maximum Gasteiger partial charge on any atom is 0.339 e.